The zero-order chi connectivity index (χ0) is 17.3. The second kappa shape index (κ2) is 7.15. The summed E-state index contributed by atoms with van der Waals surface area (Å²) in [6, 6.07) is 3.39. The lowest BCUT2D eigenvalue weighted by molar-refractivity contribution is -0.115. The molecule has 0 spiro atoms. The van der Waals surface area contributed by atoms with Gasteiger partial charge >= 0.3 is 0 Å². The predicted octanol–water partition coefficient (Wildman–Crippen LogP) is 4.39. The van der Waals surface area contributed by atoms with Crippen LogP contribution in [0.1, 0.15) is 46.8 Å². The number of thioether (sulfide) groups is 1. The Kier molecular flexibility index (Phi) is 5.15. The van der Waals surface area contributed by atoms with Crippen molar-refractivity contribution in [3.05, 3.63) is 40.2 Å². The Morgan fingerprint density at radius 2 is 2.25 bits per heavy atom. The molecule has 128 valence electrons. The van der Waals surface area contributed by atoms with Gasteiger partial charge in [-0.2, -0.15) is 11.8 Å². The SMILES string of the molecule is CSC(C)C(=O)Nc1sc2c(c1C(=O)c1ccco1)CCC(C)C2. The highest BCUT2D eigenvalue weighted by Crippen LogP contribution is 2.41. The first-order chi connectivity index (χ1) is 11.5. The Labute approximate surface area is 150 Å². The smallest absolute Gasteiger partial charge is 0.237 e. The highest BCUT2D eigenvalue weighted by Gasteiger charge is 2.30. The number of thiophene rings is 1. The molecule has 0 radical (unpaired) electrons. The van der Waals surface area contributed by atoms with Gasteiger partial charge in [0, 0.05) is 4.88 Å². The van der Waals surface area contributed by atoms with E-state index in [-0.39, 0.29) is 16.9 Å². The van der Waals surface area contributed by atoms with Gasteiger partial charge in [-0.25, -0.2) is 0 Å². The van der Waals surface area contributed by atoms with Crippen LogP contribution in [0.2, 0.25) is 0 Å². The third kappa shape index (κ3) is 3.30. The summed E-state index contributed by atoms with van der Waals surface area (Å²) in [5, 5.41) is 3.48. The molecule has 1 N–H and O–H groups in total. The van der Waals surface area contributed by atoms with Crippen molar-refractivity contribution in [2.75, 3.05) is 11.6 Å². The van der Waals surface area contributed by atoms with Crippen LogP contribution in [-0.4, -0.2) is 23.2 Å². The van der Waals surface area contributed by atoms with E-state index < -0.39 is 0 Å². The Morgan fingerprint density at radius 1 is 1.46 bits per heavy atom. The number of amides is 1. The fourth-order valence-electron chi connectivity index (χ4n) is 2.93. The Hall–Kier alpha value is -1.53. The van der Waals surface area contributed by atoms with Crippen molar-refractivity contribution >= 4 is 39.8 Å². The maximum Gasteiger partial charge on any atom is 0.237 e. The lowest BCUT2D eigenvalue weighted by Crippen LogP contribution is -2.23. The number of carbonyl (C=O) groups is 2. The zero-order valence-corrected chi connectivity index (χ0v) is 15.7. The number of rotatable bonds is 5. The van der Waals surface area contributed by atoms with E-state index in [1.807, 2.05) is 13.2 Å². The summed E-state index contributed by atoms with van der Waals surface area (Å²) in [6.07, 6.45) is 6.31. The number of hydrogen-bond acceptors (Lipinski definition) is 5. The zero-order valence-electron chi connectivity index (χ0n) is 14.0. The Morgan fingerprint density at radius 3 is 2.92 bits per heavy atom. The van der Waals surface area contributed by atoms with Crippen molar-refractivity contribution in [1.29, 1.82) is 0 Å². The second-order valence-electron chi connectivity index (χ2n) is 6.23. The normalized spacial score (nSPS) is 18.0. The second-order valence-corrected chi connectivity index (χ2v) is 8.51. The molecule has 1 aliphatic rings. The molecule has 2 aromatic rings. The minimum atomic E-state index is -0.158. The van der Waals surface area contributed by atoms with Crippen molar-refractivity contribution in [2.24, 2.45) is 5.92 Å². The number of furan rings is 1. The summed E-state index contributed by atoms with van der Waals surface area (Å²) in [4.78, 5) is 26.5. The fraction of sp³-hybridized carbons (Fsp3) is 0.444. The molecule has 2 atom stereocenters. The predicted molar refractivity (Wildman–Crippen MR) is 99.3 cm³/mol. The average Bonchev–Trinajstić information content (AvgIpc) is 3.20. The summed E-state index contributed by atoms with van der Waals surface area (Å²) in [5.74, 6) is 0.723. The van der Waals surface area contributed by atoms with Gasteiger partial charge in [-0.15, -0.1) is 11.3 Å². The van der Waals surface area contributed by atoms with Crippen LogP contribution in [0.3, 0.4) is 0 Å². The van der Waals surface area contributed by atoms with Gasteiger partial charge in [0.2, 0.25) is 11.7 Å². The van der Waals surface area contributed by atoms with Crippen LogP contribution in [0.4, 0.5) is 5.00 Å². The maximum atomic E-state index is 12.9. The van der Waals surface area contributed by atoms with Crippen LogP contribution in [0.25, 0.3) is 0 Å². The quantitative estimate of drug-likeness (QED) is 0.801. The Bertz CT molecular complexity index is 749. The third-order valence-corrected chi connectivity index (χ3v) is 6.53. The molecule has 2 aromatic heterocycles. The molecule has 1 aliphatic carbocycles. The molecule has 6 heteroatoms. The molecular weight excluding hydrogens is 342 g/mol. The van der Waals surface area contributed by atoms with Crippen molar-refractivity contribution in [2.45, 2.75) is 38.4 Å². The number of nitrogens with one attached hydrogen (secondary N) is 1. The van der Waals surface area contributed by atoms with Gasteiger partial charge in [-0.1, -0.05) is 6.92 Å². The van der Waals surface area contributed by atoms with Gasteiger partial charge in [0.05, 0.1) is 17.1 Å². The van der Waals surface area contributed by atoms with Crippen LogP contribution >= 0.6 is 23.1 Å². The number of fused-ring (bicyclic) bond motifs is 1. The highest BCUT2D eigenvalue weighted by molar-refractivity contribution is 7.99. The molecule has 0 saturated carbocycles. The van der Waals surface area contributed by atoms with E-state index in [1.165, 1.54) is 22.9 Å². The molecule has 0 saturated heterocycles. The number of carbonyl (C=O) groups excluding carboxylic acids is 2. The highest BCUT2D eigenvalue weighted by atomic mass is 32.2. The fourth-order valence-corrected chi connectivity index (χ4v) is 4.61. The van der Waals surface area contributed by atoms with Crippen LogP contribution in [-0.2, 0) is 17.6 Å². The minimum absolute atomic E-state index is 0.0670. The van der Waals surface area contributed by atoms with Crippen molar-refractivity contribution in [3.8, 4) is 0 Å². The number of ketones is 1. The van der Waals surface area contributed by atoms with Crippen LogP contribution in [0.5, 0.6) is 0 Å². The van der Waals surface area contributed by atoms with Gasteiger partial charge in [0.1, 0.15) is 5.00 Å². The van der Waals surface area contributed by atoms with Crippen molar-refractivity contribution in [1.82, 2.24) is 0 Å². The van der Waals surface area contributed by atoms with Crippen LogP contribution in [0, 0.1) is 5.92 Å². The number of anilines is 1. The molecular formula is C18H21NO3S2. The summed E-state index contributed by atoms with van der Waals surface area (Å²) in [7, 11) is 0. The standard InChI is InChI=1S/C18H21NO3S2/c1-10-6-7-12-14(9-10)24-18(19-17(21)11(2)23-3)15(12)16(20)13-5-4-8-22-13/h4-5,8,10-11H,6-7,9H2,1-3H3,(H,19,21). The lowest BCUT2D eigenvalue weighted by Gasteiger charge is -2.18. The molecule has 2 heterocycles. The van der Waals surface area contributed by atoms with Gasteiger partial charge in [-0.3, -0.25) is 9.59 Å². The average molecular weight is 364 g/mol. The summed E-state index contributed by atoms with van der Waals surface area (Å²) in [5.41, 5.74) is 1.71. The molecule has 1 amide bonds. The first kappa shape index (κ1) is 17.3. The summed E-state index contributed by atoms with van der Waals surface area (Å²) in [6.45, 7) is 4.09. The van der Waals surface area contributed by atoms with Crippen molar-refractivity contribution in [3.63, 3.8) is 0 Å². The molecule has 0 aromatic carbocycles. The largest absolute Gasteiger partial charge is 0.461 e. The molecule has 0 bridgehead atoms. The maximum absolute atomic E-state index is 12.9. The molecule has 24 heavy (non-hydrogen) atoms. The first-order valence-electron chi connectivity index (χ1n) is 8.07. The van der Waals surface area contributed by atoms with E-state index in [1.54, 1.807) is 23.5 Å². The molecule has 0 aliphatic heterocycles. The van der Waals surface area contributed by atoms with Gasteiger partial charge in [0.15, 0.2) is 5.76 Å². The molecule has 2 unspecified atom stereocenters. The number of hydrogen-bond donors (Lipinski definition) is 1. The van der Waals surface area contributed by atoms with Gasteiger partial charge in [-0.05, 0) is 56.1 Å². The van der Waals surface area contributed by atoms with E-state index in [2.05, 4.69) is 12.2 Å². The Balaban J connectivity index is 2.01. The van der Waals surface area contributed by atoms with Crippen molar-refractivity contribution < 1.29 is 14.0 Å². The monoisotopic (exact) mass is 363 g/mol. The molecule has 3 rings (SSSR count). The van der Waals surface area contributed by atoms with E-state index in [4.69, 9.17) is 4.42 Å². The van der Waals surface area contributed by atoms with E-state index in [0.29, 0.717) is 22.2 Å². The third-order valence-electron chi connectivity index (χ3n) is 4.44. The summed E-state index contributed by atoms with van der Waals surface area (Å²) >= 11 is 3.03. The molecule has 0 fully saturated rings. The molecule has 4 nitrogen and oxygen atoms in total. The van der Waals surface area contributed by atoms with Gasteiger partial charge < -0.3 is 9.73 Å². The van der Waals surface area contributed by atoms with Crippen LogP contribution in [0.15, 0.2) is 22.8 Å². The topological polar surface area (TPSA) is 59.3 Å². The van der Waals surface area contributed by atoms with E-state index in [0.717, 1.165) is 24.8 Å². The van der Waals surface area contributed by atoms with Crippen LogP contribution < -0.4 is 5.32 Å². The first-order valence-corrected chi connectivity index (χ1v) is 10.2. The minimum Gasteiger partial charge on any atom is -0.461 e. The lowest BCUT2D eigenvalue weighted by atomic mass is 9.87. The van der Waals surface area contributed by atoms with Gasteiger partial charge in [0.25, 0.3) is 0 Å². The van der Waals surface area contributed by atoms with E-state index in [9.17, 15) is 9.59 Å². The summed E-state index contributed by atoms with van der Waals surface area (Å²) < 4.78 is 5.30. The van der Waals surface area contributed by atoms with E-state index >= 15 is 0 Å².